The number of carboxylic acids is 1. The lowest BCUT2D eigenvalue weighted by Crippen LogP contribution is -2.20. The van der Waals surface area contributed by atoms with Gasteiger partial charge in [-0.1, -0.05) is 0 Å². The summed E-state index contributed by atoms with van der Waals surface area (Å²) in [6, 6.07) is 6.95. The highest BCUT2D eigenvalue weighted by atomic mass is 16.5. The summed E-state index contributed by atoms with van der Waals surface area (Å²) in [6.45, 7) is -0.812. The van der Waals surface area contributed by atoms with E-state index >= 15 is 0 Å². The highest BCUT2D eigenvalue weighted by Crippen LogP contribution is 2.20. The summed E-state index contributed by atoms with van der Waals surface area (Å²) >= 11 is 0. The largest absolute Gasteiger partial charge is 0.480 e. The number of carbonyl (C=O) groups is 2. The monoisotopic (exact) mass is 276 g/mol. The van der Waals surface area contributed by atoms with Crippen molar-refractivity contribution in [3.63, 3.8) is 0 Å². The van der Waals surface area contributed by atoms with Crippen LogP contribution in [0.2, 0.25) is 0 Å². The average Bonchev–Trinajstić information content (AvgIpc) is 2.93. The van der Waals surface area contributed by atoms with Crippen molar-refractivity contribution in [3.8, 4) is 11.3 Å². The molecular formula is C13H12N2O5. The zero-order valence-corrected chi connectivity index (χ0v) is 10.4. The summed E-state index contributed by atoms with van der Waals surface area (Å²) in [7, 11) is 0. The zero-order chi connectivity index (χ0) is 14.4. The molecule has 0 spiro atoms. The molecule has 1 heterocycles. The predicted octanol–water partition coefficient (Wildman–Crippen LogP) is 1.38. The van der Waals surface area contributed by atoms with E-state index in [1.54, 1.807) is 30.5 Å². The van der Waals surface area contributed by atoms with Gasteiger partial charge in [0.25, 0.3) is 0 Å². The Kier molecular flexibility index (Phi) is 4.46. The second kappa shape index (κ2) is 6.48. The fourth-order valence-corrected chi connectivity index (χ4v) is 1.50. The molecule has 0 bridgehead atoms. The lowest BCUT2D eigenvalue weighted by atomic mass is 10.2. The van der Waals surface area contributed by atoms with Crippen molar-refractivity contribution in [2.24, 2.45) is 0 Å². The summed E-state index contributed by atoms with van der Waals surface area (Å²) in [5.41, 5.74) is 1.42. The molecule has 2 aromatic rings. The minimum absolute atomic E-state index is 0.309. The third-order valence-electron chi connectivity index (χ3n) is 2.34. The van der Waals surface area contributed by atoms with Crippen molar-refractivity contribution in [2.75, 3.05) is 18.5 Å². The van der Waals surface area contributed by atoms with Crippen LogP contribution in [0.25, 0.3) is 11.3 Å². The Hall–Kier alpha value is -2.67. The van der Waals surface area contributed by atoms with Crippen molar-refractivity contribution in [1.82, 2.24) is 4.98 Å². The summed E-state index contributed by atoms with van der Waals surface area (Å²) in [6.07, 6.45) is 2.93. The molecule has 1 amide bonds. The van der Waals surface area contributed by atoms with Gasteiger partial charge < -0.3 is 19.6 Å². The molecule has 7 nitrogen and oxygen atoms in total. The normalized spacial score (nSPS) is 10.2. The number of anilines is 1. The summed E-state index contributed by atoms with van der Waals surface area (Å²) in [5, 5.41) is 11.0. The molecule has 1 aromatic carbocycles. The van der Waals surface area contributed by atoms with Crippen LogP contribution < -0.4 is 5.32 Å². The number of ether oxygens (including phenoxy) is 1. The van der Waals surface area contributed by atoms with Crippen LogP contribution >= 0.6 is 0 Å². The second-order valence-electron chi connectivity index (χ2n) is 3.88. The maximum Gasteiger partial charge on any atom is 0.329 e. The molecule has 104 valence electrons. The van der Waals surface area contributed by atoms with E-state index in [2.05, 4.69) is 15.0 Å². The van der Waals surface area contributed by atoms with Crippen molar-refractivity contribution >= 4 is 17.6 Å². The summed E-state index contributed by atoms with van der Waals surface area (Å²) < 4.78 is 9.82. The van der Waals surface area contributed by atoms with Gasteiger partial charge in [0, 0.05) is 11.3 Å². The van der Waals surface area contributed by atoms with E-state index in [4.69, 9.17) is 9.52 Å². The third-order valence-corrected chi connectivity index (χ3v) is 2.34. The molecule has 2 rings (SSSR count). The number of aliphatic carboxylic acids is 1. The van der Waals surface area contributed by atoms with E-state index in [1.807, 2.05) is 0 Å². The average molecular weight is 276 g/mol. The van der Waals surface area contributed by atoms with E-state index in [0.29, 0.717) is 11.4 Å². The van der Waals surface area contributed by atoms with Crippen LogP contribution in [-0.4, -0.2) is 35.2 Å². The van der Waals surface area contributed by atoms with Gasteiger partial charge in [-0.05, 0) is 24.3 Å². The standard InChI is InChI=1S/C13H12N2O5/c16-12(6-19-7-13(17)18)15-10-3-1-9(2-4-10)11-5-14-8-20-11/h1-5,8H,6-7H2,(H,15,16)(H,17,18). The number of nitrogens with one attached hydrogen (secondary N) is 1. The van der Waals surface area contributed by atoms with Crippen LogP contribution in [0.5, 0.6) is 0 Å². The number of carboxylic acid groups (broad SMARTS) is 1. The third kappa shape index (κ3) is 3.92. The van der Waals surface area contributed by atoms with E-state index in [0.717, 1.165) is 5.56 Å². The Bertz CT molecular complexity index is 577. The van der Waals surface area contributed by atoms with Gasteiger partial charge in [0.15, 0.2) is 12.2 Å². The topological polar surface area (TPSA) is 102 Å². The summed E-state index contributed by atoms with van der Waals surface area (Å²) in [4.78, 5) is 25.5. The Morgan fingerprint density at radius 1 is 1.25 bits per heavy atom. The second-order valence-corrected chi connectivity index (χ2v) is 3.88. The molecule has 0 aliphatic rings. The molecule has 7 heteroatoms. The number of nitrogens with zero attached hydrogens (tertiary/aromatic N) is 1. The van der Waals surface area contributed by atoms with E-state index in [-0.39, 0.29) is 6.61 Å². The van der Waals surface area contributed by atoms with Gasteiger partial charge in [0.05, 0.1) is 6.20 Å². The van der Waals surface area contributed by atoms with Crippen molar-refractivity contribution < 1.29 is 23.8 Å². The lowest BCUT2D eigenvalue weighted by Gasteiger charge is -2.05. The van der Waals surface area contributed by atoms with Crippen LogP contribution in [0.3, 0.4) is 0 Å². The van der Waals surface area contributed by atoms with Crippen molar-refractivity contribution in [3.05, 3.63) is 36.9 Å². The zero-order valence-electron chi connectivity index (χ0n) is 10.4. The van der Waals surface area contributed by atoms with E-state index in [1.165, 1.54) is 6.39 Å². The van der Waals surface area contributed by atoms with Crippen LogP contribution in [-0.2, 0) is 14.3 Å². The lowest BCUT2D eigenvalue weighted by molar-refractivity contribution is -0.143. The van der Waals surface area contributed by atoms with Gasteiger partial charge in [-0.15, -0.1) is 0 Å². The van der Waals surface area contributed by atoms with Gasteiger partial charge in [-0.25, -0.2) is 9.78 Å². The molecule has 0 atom stereocenters. The highest BCUT2D eigenvalue weighted by Gasteiger charge is 2.05. The highest BCUT2D eigenvalue weighted by molar-refractivity contribution is 5.92. The smallest absolute Gasteiger partial charge is 0.329 e. The molecule has 2 N–H and O–H groups in total. The first-order valence-corrected chi connectivity index (χ1v) is 5.73. The van der Waals surface area contributed by atoms with Crippen LogP contribution in [0.1, 0.15) is 0 Å². The Labute approximate surface area is 114 Å². The fraction of sp³-hybridized carbons (Fsp3) is 0.154. The predicted molar refractivity (Wildman–Crippen MR) is 69.0 cm³/mol. The van der Waals surface area contributed by atoms with Crippen molar-refractivity contribution in [2.45, 2.75) is 0 Å². The molecule has 20 heavy (non-hydrogen) atoms. The number of carbonyl (C=O) groups excluding carboxylic acids is 1. The maximum absolute atomic E-state index is 11.4. The summed E-state index contributed by atoms with van der Waals surface area (Å²) in [5.74, 6) is -0.902. The number of hydrogen-bond acceptors (Lipinski definition) is 5. The molecule has 0 fully saturated rings. The van der Waals surface area contributed by atoms with Gasteiger partial charge in [0.2, 0.25) is 5.91 Å². The van der Waals surface area contributed by atoms with Crippen LogP contribution in [0.4, 0.5) is 5.69 Å². The minimum atomic E-state index is -1.12. The van der Waals surface area contributed by atoms with Gasteiger partial charge in [-0.2, -0.15) is 0 Å². The Morgan fingerprint density at radius 2 is 2.00 bits per heavy atom. The molecule has 0 aliphatic heterocycles. The van der Waals surface area contributed by atoms with E-state index in [9.17, 15) is 9.59 Å². The molecule has 1 aromatic heterocycles. The van der Waals surface area contributed by atoms with Gasteiger partial charge in [0.1, 0.15) is 13.2 Å². The molecule has 0 saturated carbocycles. The number of rotatable bonds is 6. The first-order chi connectivity index (χ1) is 9.65. The molecule has 0 unspecified atom stereocenters. The van der Waals surface area contributed by atoms with Crippen LogP contribution in [0.15, 0.2) is 41.3 Å². The number of aromatic nitrogens is 1. The molecule has 0 aliphatic carbocycles. The molecular weight excluding hydrogens is 264 g/mol. The fourth-order valence-electron chi connectivity index (χ4n) is 1.50. The number of benzene rings is 1. The van der Waals surface area contributed by atoms with Gasteiger partial charge >= 0.3 is 5.97 Å². The maximum atomic E-state index is 11.4. The van der Waals surface area contributed by atoms with Gasteiger partial charge in [-0.3, -0.25) is 4.79 Å². The van der Waals surface area contributed by atoms with E-state index < -0.39 is 18.5 Å². The SMILES string of the molecule is O=C(O)COCC(=O)Nc1ccc(-c2cnco2)cc1. The minimum Gasteiger partial charge on any atom is -0.480 e. The number of oxazole rings is 1. The first-order valence-electron chi connectivity index (χ1n) is 5.73. The Balaban J connectivity index is 1.87. The number of hydrogen-bond donors (Lipinski definition) is 2. The quantitative estimate of drug-likeness (QED) is 0.826. The first kappa shape index (κ1) is 13.8. The molecule has 0 saturated heterocycles. The van der Waals surface area contributed by atoms with Crippen molar-refractivity contribution in [1.29, 1.82) is 0 Å². The van der Waals surface area contributed by atoms with Crippen LogP contribution in [0, 0.1) is 0 Å². The Morgan fingerprint density at radius 3 is 2.60 bits per heavy atom. The molecule has 0 radical (unpaired) electrons. The number of amides is 1.